The summed E-state index contributed by atoms with van der Waals surface area (Å²) in [6.07, 6.45) is -2.07. The fraction of sp³-hybridized carbons (Fsp3) is 0.533. The Morgan fingerprint density at radius 2 is 1.93 bits per heavy atom. The van der Waals surface area contributed by atoms with E-state index in [-0.39, 0.29) is 29.7 Å². The summed E-state index contributed by atoms with van der Waals surface area (Å²) in [5.41, 5.74) is 5.95. The molecule has 46 heavy (non-hydrogen) atoms. The van der Waals surface area contributed by atoms with Crippen molar-refractivity contribution in [2.75, 3.05) is 33.1 Å². The molecule has 1 aromatic carbocycles. The molecule has 0 bridgehead atoms. The molecule has 0 spiro atoms. The largest absolute Gasteiger partial charge is 0.462 e. The molecule has 3 aromatic rings. The fourth-order valence-electron chi connectivity index (χ4n) is 4.90. The lowest BCUT2D eigenvalue weighted by Gasteiger charge is -2.28. The van der Waals surface area contributed by atoms with Gasteiger partial charge >= 0.3 is 13.7 Å². The van der Waals surface area contributed by atoms with Crippen LogP contribution < -0.4 is 15.3 Å². The first-order valence-electron chi connectivity index (χ1n) is 14.7. The molecular formula is C30H43N6O9P. The zero-order valence-electron chi connectivity index (χ0n) is 27.0. The number of nitrogens with one attached hydrogen (secondary N) is 1. The highest BCUT2D eigenvalue weighted by atomic mass is 31.2. The molecule has 0 aliphatic carbocycles. The topological polar surface area (TPSA) is 201 Å². The van der Waals surface area contributed by atoms with Gasteiger partial charge in [0.15, 0.2) is 11.4 Å². The van der Waals surface area contributed by atoms with Gasteiger partial charge in [-0.2, -0.15) is 10.2 Å². The molecule has 1 saturated heterocycles. The first-order chi connectivity index (χ1) is 21.6. The number of esters is 1. The molecule has 252 valence electrons. The highest BCUT2D eigenvalue weighted by Crippen LogP contribution is 2.47. The van der Waals surface area contributed by atoms with Gasteiger partial charge in [0.25, 0.3) is 0 Å². The number of hydrogen-bond acceptors (Lipinski definition) is 13. The predicted molar refractivity (Wildman–Crippen MR) is 170 cm³/mol. The van der Waals surface area contributed by atoms with E-state index < -0.39 is 50.3 Å². The van der Waals surface area contributed by atoms with E-state index in [1.165, 1.54) is 38.1 Å². The minimum Gasteiger partial charge on any atom is -0.462 e. The molecule has 2 aromatic heterocycles. The van der Waals surface area contributed by atoms with Gasteiger partial charge in [0, 0.05) is 20.4 Å². The Morgan fingerprint density at radius 1 is 1.24 bits per heavy atom. The number of nitrogens with zero attached hydrogens (tertiary/aromatic N) is 4. The van der Waals surface area contributed by atoms with Crippen molar-refractivity contribution in [3.05, 3.63) is 54.0 Å². The molecule has 5 N–H and O–H groups in total. The maximum Gasteiger partial charge on any atom is 0.459 e. The number of anilines is 1. The van der Waals surface area contributed by atoms with Gasteiger partial charge in [0.05, 0.1) is 18.4 Å². The van der Waals surface area contributed by atoms with Crippen LogP contribution in [0, 0.1) is 0 Å². The number of carbonyl (C=O) groups excluding carboxylic acids is 1. The summed E-state index contributed by atoms with van der Waals surface area (Å²) in [5.74, 6) is -0.317. The quantitative estimate of drug-likeness (QED) is 0.118. The van der Waals surface area contributed by atoms with Gasteiger partial charge in [-0.3, -0.25) is 14.3 Å². The van der Waals surface area contributed by atoms with Crippen LogP contribution in [0.15, 0.2) is 47.7 Å². The number of aliphatic hydroxyl groups excluding tert-OH is 2. The second-order valence-electron chi connectivity index (χ2n) is 12.1. The standard InChI is InChI=1S/C30H43N6O9P/c1-18(41-7)14-42-28(39)19(2)35-46(40,45-21-10-8-20(9-11-21)29(3,4)5)43-15-23-25(37)26(38)30(44-23,16-32-6)24-13-12-22-27(31)33-17-34-36(22)24/h8-13,16-19,23,25-26,37-38H,14-15H2,1-7H3,(H,35,40)(H2,31,33,34)/t18?,19-,23+,25+,26+,30-,46?/m0/s1. The van der Waals surface area contributed by atoms with Gasteiger partial charge in [0.2, 0.25) is 0 Å². The van der Waals surface area contributed by atoms with Crippen LogP contribution in [0.3, 0.4) is 0 Å². The number of nitrogen functional groups attached to an aromatic ring is 1. The number of carbonyl (C=O) groups is 1. The first kappa shape index (κ1) is 35.4. The second kappa shape index (κ2) is 14.1. The summed E-state index contributed by atoms with van der Waals surface area (Å²) < 4.78 is 43.9. The SMILES string of the molecule is CN=C[C@@]1(c2ccc3c(N)ncnn23)O[C@H](COP(=O)(N[C@@H](C)C(=O)OCC(C)OC)Oc2ccc(C(C)(C)C)cc2)[C@@H](O)[C@H]1O. The van der Waals surface area contributed by atoms with Gasteiger partial charge in [-0.25, -0.2) is 14.1 Å². The molecule has 15 nitrogen and oxygen atoms in total. The molecular weight excluding hydrogens is 619 g/mol. The third kappa shape index (κ3) is 7.58. The third-order valence-corrected chi connectivity index (χ3v) is 9.26. The number of aliphatic hydroxyl groups is 2. The summed E-state index contributed by atoms with van der Waals surface area (Å²) in [7, 11) is -1.38. The van der Waals surface area contributed by atoms with Crippen molar-refractivity contribution in [3.63, 3.8) is 0 Å². The van der Waals surface area contributed by atoms with Crippen molar-refractivity contribution in [2.24, 2.45) is 4.99 Å². The number of fused-ring (bicyclic) bond motifs is 1. The van der Waals surface area contributed by atoms with Crippen molar-refractivity contribution in [1.29, 1.82) is 0 Å². The van der Waals surface area contributed by atoms with E-state index in [0.29, 0.717) is 11.2 Å². The van der Waals surface area contributed by atoms with Crippen molar-refractivity contribution < 1.29 is 42.8 Å². The van der Waals surface area contributed by atoms with Crippen molar-refractivity contribution in [1.82, 2.24) is 19.7 Å². The number of aromatic nitrogens is 3. The predicted octanol–water partition coefficient (Wildman–Crippen LogP) is 2.39. The van der Waals surface area contributed by atoms with Gasteiger partial charge in [-0.15, -0.1) is 0 Å². The smallest absolute Gasteiger partial charge is 0.459 e. The summed E-state index contributed by atoms with van der Waals surface area (Å²) in [5, 5.41) is 29.3. The highest BCUT2D eigenvalue weighted by molar-refractivity contribution is 7.52. The van der Waals surface area contributed by atoms with Crippen LogP contribution in [0.4, 0.5) is 5.82 Å². The lowest BCUT2D eigenvalue weighted by Crippen LogP contribution is -2.43. The molecule has 4 rings (SSSR count). The molecule has 0 amide bonds. The summed E-state index contributed by atoms with van der Waals surface area (Å²) in [4.78, 5) is 20.8. The number of aliphatic imine (C=N–C) groups is 1. The maximum atomic E-state index is 14.2. The van der Waals surface area contributed by atoms with E-state index >= 15 is 0 Å². The minimum absolute atomic E-state index is 0.0202. The lowest BCUT2D eigenvalue weighted by molar-refractivity contribution is -0.148. The number of hydrogen-bond donors (Lipinski definition) is 4. The summed E-state index contributed by atoms with van der Waals surface area (Å²) in [6.45, 7) is 8.80. The summed E-state index contributed by atoms with van der Waals surface area (Å²) >= 11 is 0. The van der Waals surface area contributed by atoms with E-state index in [0.717, 1.165) is 5.56 Å². The Hall–Kier alpha value is -3.43. The number of nitrogens with two attached hydrogens (primary N) is 1. The number of benzene rings is 1. The zero-order valence-corrected chi connectivity index (χ0v) is 27.9. The first-order valence-corrected chi connectivity index (χ1v) is 16.3. The molecule has 1 aliphatic rings. The average Bonchev–Trinajstić information content (AvgIpc) is 3.55. The molecule has 16 heteroatoms. The third-order valence-electron chi connectivity index (χ3n) is 7.62. The molecule has 3 heterocycles. The van der Waals surface area contributed by atoms with Crippen LogP contribution in [0.5, 0.6) is 5.75 Å². The molecule has 0 radical (unpaired) electrons. The van der Waals surface area contributed by atoms with E-state index in [1.54, 1.807) is 31.2 Å². The van der Waals surface area contributed by atoms with Crippen LogP contribution >= 0.6 is 7.75 Å². The molecule has 7 atom stereocenters. The second-order valence-corrected chi connectivity index (χ2v) is 13.8. The Morgan fingerprint density at radius 3 is 2.57 bits per heavy atom. The van der Waals surface area contributed by atoms with Gasteiger partial charge in [-0.1, -0.05) is 32.9 Å². The zero-order chi connectivity index (χ0) is 33.9. The van der Waals surface area contributed by atoms with E-state index in [1.807, 2.05) is 12.1 Å². The number of rotatable bonds is 13. The monoisotopic (exact) mass is 662 g/mol. The summed E-state index contributed by atoms with van der Waals surface area (Å²) in [6, 6.07) is 9.08. The Balaban J connectivity index is 1.59. The molecule has 1 fully saturated rings. The number of ether oxygens (including phenoxy) is 3. The van der Waals surface area contributed by atoms with Crippen molar-refractivity contribution in [3.8, 4) is 5.75 Å². The van der Waals surface area contributed by atoms with Gasteiger partial charge in [-0.05, 0) is 49.1 Å². The Labute approximate surface area is 267 Å². The lowest BCUT2D eigenvalue weighted by atomic mass is 9.87. The van der Waals surface area contributed by atoms with E-state index in [2.05, 4.69) is 40.9 Å². The molecule has 2 unspecified atom stereocenters. The van der Waals surface area contributed by atoms with E-state index in [9.17, 15) is 19.6 Å². The number of methoxy groups -OCH3 is 1. The highest BCUT2D eigenvalue weighted by Gasteiger charge is 2.56. The average molecular weight is 663 g/mol. The van der Waals surface area contributed by atoms with Gasteiger partial charge in [0.1, 0.15) is 48.6 Å². The van der Waals surface area contributed by atoms with Crippen molar-refractivity contribution >= 4 is 31.3 Å². The van der Waals surface area contributed by atoms with E-state index in [4.69, 9.17) is 29.0 Å². The molecule has 1 aliphatic heterocycles. The van der Waals surface area contributed by atoms with Crippen LogP contribution in [0.1, 0.15) is 45.9 Å². The van der Waals surface area contributed by atoms with Gasteiger partial charge < -0.3 is 34.7 Å². The Bertz CT molecular complexity index is 1580. The van der Waals surface area contributed by atoms with Crippen molar-refractivity contribution in [2.45, 2.75) is 76.1 Å². The van der Waals surface area contributed by atoms with Crippen LogP contribution in [0.25, 0.3) is 5.52 Å². The van der Waals surface area contributed by atoms with Crippen LogP contribution in [-0.2, 0) is 39.1 Å². The van der Waals surface area contributed by atoms with Crippen LogP contribution in [0.2, 0.25) is 0 Å². The Kier molecular flexibility index (Phi) is 10.9. The maximum absolute atomic E-state index is 14.2. The molecule has 0 saturated carbocycles. The minimum atomic E-state index is -4.35. The normalized spacial score (nSPS) is 24.6. The fourth-order valence-corrected chi connectivity index (χ4v) is 6.41. The van der Waals surface area contributed by atoms with Crippen LogP contribution in [-0.4, -0.2) is 94.8 Å².